The molecule has 1 rings (SSSR count). The zero-order valence-electron chi connectivity index (χ0n) is 11.4. The van der Waals surface area contributed by atoms with E-state index in [0.29, 0.717) is 6.54 Å². The van der Waals surface area contributed by atoms with Gasteiger partial charge in [0, 0.05) is 26.1 Å². The molecule has 0 aliphatic carbocycles. The number of hydrogen-bond acceptors (Lipinski definition) is 4. The number of carboxylic acid groups (broad SMARTS) is 1. The molecule has 7 nitrogen and oxygen atoms in total. The van der Waals surface area contributed by atoms with E-state index in [1.165, 1.54) is 7.11 Å². The molecule has 19 heavy (non-hydrogen) atoms. The summed E-state index contributed by atoms with van der Waals surface area (Å²) >= 11 is 0. The van der Waals surface area contributed by atoms with Gasteiger partial charge in [-0.25, -0.2) is 4.79 Å². The highest BCUT2D eigenvalue weighted by atomic mass is 16.5. The number of carbonyl (C=O) groups excluding carboxylic acids is 2. The van der Waals surface area contributed by atoms with Crippen molar-refractivity contribution in [2.75, 3.05) is 20.3 Å². The molecule has 1 aliphatic heterocycles. The van der Waals surface area contributed by atoms with E-state index in [1.807, 2.05) is 13.8 Å². The van der Waals surface area contributed by atoms with Gasteiger partial charge in [-0.15, -0.1) is 0 Å². The van der Waals surface area contributed by atoms with Crippen LogP contribution in [-0.2, 0) is 19.1 Å². The molecule has 1 heterocycles. The Kier molecular flexibility index (Phi) is 5.29. The molecule has 1 aliphatic rings. The third-order valence-electron chi connectivity index (χ3n) is 3.10. The number of methoxy groups -OCH3 is 1. The van der Waals surface area contributed by atoms with Crippen LogP contribution in [0.25, 0.3) is 0 Å². The molecular weight excluding hydrogens is 252 g/mol. The van der Waals surface area contributed by atoms with Crippen LogP contribution in [0.1, 0.15) is 20.3 Å². The fourth-order valence-electron chi connectivity index (χ4n) is 2.04. The third-order valence-corrected chi connectivity index (χ3v) is 3.10. The second kappa shape index (κ2) is 6.51. The van der Waals surface area contributed by atoms with Gasteiger partial charge in [0.25, 0.3) is 0 Å². The van der Waals surface area contributed by atoms with Gasteiger partial charge in [-0.1, -0.05) is 0 Å². The van der Waals surface area contributed by atoms with Gasteiger partial charge in [0.2, 0.25) is 11.8 Å². The van der Waals surface area contributed by atoms with E-state index < -0.39 is 23.8 Å². The Morgan fingerprint density at radius 2 is 2.16 bits per heavy atom. The Balaban J connectivity index is 2.59. The average molecular weight is 272 g/mol. The number of amides is 2. The smallest absolute Gasteiger partial charge is 0.328 e. The van der Waals surface area contributed by atoms with Crippen LogP contribution in [0.2, 0.25) is 0 Å². The second-order valence-electron chi connectivity index (χ2n) is 4.90. The number of nitrogens with one attached hydrogen (secondary N) is 1. The molecule has 0 saturated carbocycles. The van der Waals surface area contributed by atoms with Gasteiger partial charge in [0.05, 0.1) is 12.5 Å². The highest BCUT2D eigenvalue weighted by Crippen LogP contribution is 2.20. The average Bonchev–Trinajstić information content (AvgIpc) is 2.70. The van der Waals surface area contributed by atoms with Crippen LogP contribution in [0, 0.1) is 5.92 Å². The van der Waals surface area contributed by atoms with Crippen molar-refractivity contribution in [2.24, 2.45) is 5.92 Å². The van der Waals surface area contributed by atoms with Crippen LogP contribution in [0.5, 0.6) is 0 Å². The maximum Gasteiger partial charge on any atom is 0.328 e. The first-order valence-corrected chi connectivity index (χ1v) is 6.18. The minimum atomic E-state index is -1.15. The fraction of sp³-hybridized carbons (Fsp3) is 0.750. The van der Waals surface area contributed by atoms with Gasteiger partial charge < -0.3 is 20.1 Å². The van der Waals surface area contributed by atoms with Crippen LogP contribution in [0.3, 0.4) is 0 Å². The molecule has 108 valence electrons. The number of ether oxygens (including phenoxy) is 1. The lowest BCUT2D eigenvalue weighted by Gasteiger charge is -2.21. The van der Waals surface area contributed by atoms with Crippen molar-refractivity contribution in [2.45, 2.75) is 32.4 Å². The van der Waals surface area contributed by atoms with Crippen molar-refractivity contribution >= 4 is 17.8 Å². The summed E-state index contributed by atoms with van der Waals surface area (Å²) in [6.07, 6.45) is 0.128. The molecule has 7 heteroatoms. The summed E-state index contributed by atoms with van der Waals surface area (Å²) in [4.78, 5) is 36.1. The lowest BCUT2D eigenvalue weighted by molar-refractivity contribution is -0.143. The highest BCUT2D eigenvalue weighted by Gasteiger charge is 2.36. The van der Waals surface area contributed by atoms with Crippen molar-refractivity contribution in [1.29, 1.82) is 0 Å². The van der Waals surface area contributed by atoms with Crippen molar-refractivity contribution in [3.63, 3.8) is 0 Å². The van der Waals surface area contributed by atoms with Crippen LogP contribution in [0.4, 0.5) is 0 Å². The summed E-state index contributed by atoms with van der Waals surface area (Å²) in [6, 6.07) is -1.04. The minimum absolute atomic E-state index is 0.0412. The van der Waals surface area contributed by atoms with E-state index in [0.717, 1.165) is 0 Å². The van der Waals surface area contributed by atoms with Crippen LogP contribution in [-0.4, -0.2) is 60.1 Å². The minimum Gasteiger partial charge on any atom is -0.480 e. The van der Waals surface area contributed by atoms with Crippen LogP contribution < -0.4 is 5.32 Å². The van der Waals surface area contributed by atoms with E-state index in [1.54, 1.807) is 4.90 Å². The Morgan fingerprint density at radius 1 is 1.53 bits per heavy atom. The van der Waals surface area contributed by atoms with Crippen molar-refractivity contribution < 1.29 is 24.2 Å². The molecule has 0 aromatic carbocycles. The number of carboxylic acids is 1. The Labute approximate surface area is 111 Å². The number of aliphatic carboxylic acids is 1. The topological polar surface area (TPSA) is 95.9 Å². The van der Waals surface area contributed by atoms with Gasteiger partial charge in [0.15, 0.2) is 6.04 Å². The van der Waals surface area contributed by atoms with Crippen LogP contribution >= 0.6 is 0 Å². The maximum absolute atomic E-state index is 11.9. The molecule has 2 amide bonds. The third kappa shape index (κ3) is 3.92. The van der Waals surface area contributed by atoms with Crippen molar-refractivity contribution in [3.05, 3.63) is 0 Å². The van der Waals surface area contributed by atoms with E-state index in [4.69, 9.17) is 9.84 Å². The Morgan fingerprint density at radius 3 is 2.58 bits per heavy atom. The van der Waals surface area contributed by atoms with Crippen molar-refractivity contribution in [1.82, 2.24) is 10.2 Å². The number of carbonyl (C=O) groups is 3. The normalized spacial score (nSPS) is 20.7. The summed E-state index contributed by atoms with van der Waals surface area (Å²) in [5.41, 5.74) is 0. The van der Waals surface area contributed by atoms with E-state index >= 15 is 0 Å². The summed E-state index contributed by atoms with van der Waals surface area (Å²) in [6.45, 7) is 3.99. The molecule has 0 spiro atoms. The van der Waals surface area contributed by atoms with Gasteiger partial charge in [-0.3, -0.25) is 9.59 Å². The molecule has 0 radical (unpaired) electrons. The van der Waals surface area contributed by atoms with Gasteiger partial charge >= 0.3 is 5.97 Å². The number of likely N-dealkylation sites (tertiary alicyclic amines) is 1. The molecule has 0 bridgehead atoms. The SMILES string of the molecule is COCC(NC(=O)C1CC(=O)N(C(C)C)C1)C(=O)O. The lowest BCUT2D eigenvalue weighted by atomic mass is 10.1. The quantitative estimate of drug-likeness (QED) is 0.677. The maximum atomic E-state index is 11.9. The molecule has 0 aromatic rings. The van der Waals surface area contributed by atoms with E-state index in [9.17, 15) is 14.4 Å². The molecule has 0 aromatic heterocycles. The molecule has 1 saturated heterocycles. The zero-order valence-corrected chi connectivity index (χ0v) is 11.4. The highest BCUT2D eigenvalue weighted by molar-refractivity contribution is 5.91. The fourth-order valence-corrected chi connectivity index (χ4v) is 2.04. The van der Waals surface area contributed by atoms with Gasteiger partial charge in [0.1, 0.15) is 0 Å². The standard InChI is InChI=1S/C12H20N2O5/c1-7(2)14-5-8(4-10(14)15)11(16)13-9(6-19-3)12(17)18/h7-9H,4-6H2,1-3H3,(H,13,16)(H,17,18). The summed E-state index contributed by atoms with van der Waals surface area (Å²) in [5.74, 6) is -2.14. The summed E-state index contributed by atoms with van der Waals surface area (Å²) in [7, 11) is 1.36. The molecule has 2 unspecified atom stereocenters. The lowest BCUT2D eigenvalue weighted by Crippen LogP contribution is -2.46. The largest absolute Gasteiger partial charge is 0.480 e. The molecular formula is C12H20N2O5. The summed E-state index contributed by atoms with van der Waals surface area (Å²) < 4.78 is 4.74. The first-order chi connectivity index (χ1) is 8.86. The van der Waals surface area contributed by atoms with Crippen LogP contribution in [0.15, 0.2) is 0 Å². The number of rotatable bonds is 6. The van der Waals surface area contributed by atoms with Gasteiger partial charge in [-0.2, -0.15) is 0 Å². The Bertz CT molecular complexity index is 369. The zero-order chi connectivity index (χ0) is 14.6. The summed E-state index contributed by atoms with van der Waals surface area (Å²) in [5, 5.41) is 11.3. The second-order valence-corrected chi connectivity index (χ2v) is 4.90. The first kappa shape index (κ1) is 15.4. The van der Waals surface area contributed by atoms with Gasteiger partial charge in [-0.05, 0) is 13.8 Å². The molecule has 2 N–H and O–H groups in total. The first-order valence-electron chi connectivity index (χ1n) is 6.18. The van der Waals surface area contributed by atoms with E-state index in [-0.39, 0.29) is 25.0 Å². The number of hydrogen-bond donors (Lipinski definition) is 2. The Hall–Kier alpha value is -1.63. The predicted octanol–water partition coefficient (Wildman–Crippen LogP) is -0.541. The molecule has 2 atom stereocenters. The van der Waals surface area contributed by atoms with E-state index in [2.05, 4.69) is 5.32 Å². The predicted molar refractivity (Wildman–Crippen MR) is 66.4 cm³/mol. The monoisotopic (exact) mass is 272 g/mol. The number of nitrogens with zero attached hydrogens (tertiary/aromatic N) is 1. The van der Waals surface area contributed by atoms with Crippen molar-refractivity contribution in [3.8, 4) is 0 Å². The molecule has 1 fully saturated rings.